The van der Waals surface area contributed by atoms with E-state index in [2.05, 4.69) is 118 Å². The third-order valence-electron chi connectivity index (χ3n) is 17.0. The van der Waals surface area contributed by atoms with Crippen LogP contribution >= 0.6 is 16.3 Å². The summed E-state index contributed by atoms with van der Waals surface area (Å²) in [5.41, 5.74) is 1.36. The summed E-state index contributed by atoms with van der Waals surface area (Å²) in [5.74, 6) is 2.56. The van der Waals surface area contributed by atoms with E-state index < -0.39 is 38.4 Å². The molecule has 3 N–H and O–H groups in total. The van der Waals surface area contributed by atoms with E-state index >= 15 is 0 Å². The van der Waals surface area contributed by atoms with Crippen LogP contribution in [0, 0.1) is 33.5 Å². The first-order valence-corrected chi connectivity index (χ1v) is 38.9. The second-order valence-corrected chi connectivity index (χ2v) is 29.5. The van der Waals surface area contributed by atoms with Gasteiger partial charge in [0.1, 0.15) is 34.2 Å². The number of phosphoric acid groups is 1. The van der Waals surface area contributed by atoms with Crippen LogP contribution in [-0.2, 0) is 66.9 Å². The number of nitriles is 2. The molecule has 0 spiro atoms. The van der Waals surface area contributed by atoms with Gasteiger partial charge in [-0.25, -0.2) is 9.24 Å². The highest BCUT2D eigenvalue weighted by Gasteiger charge is 2.45. The lowest BCUT2D eigenvalue weighted by atomic mass is 9.79. The van der Waals surface area contributed by atoms with Gasteiger partial charge in [-0.3, -0.25) is 23.2 Å². The molecule has 0 radical (unpaired) electrons. The molecule has 106 heavy (non-hydrogen) atoms. The topological polar surface area (TPSA) is 283 Å². The molecule has 0 aromatic heterocycles. The molecular weight excluding hydrogens is 1390 g/mol. The Hall–Kier alpha value is -7.34. The summed E-state index contributed by atoms with van der Waals surface area (Å²) in [7, 11) is 1.13. The Kier molecular flexibility index (Phi) is 42.6. The van der Waals surface area contributed by atoms with Crippen molar-refractivity contribution in [2.45, 2.75) is 156 Å². The smallest absolute Gasteiger partial charge is 0.474 e. The number of esters is 2. The maximum Gasteiger partial charge on any atom is 0.474 e. The van der Waals surface area contributed by atoms with E-state index in [4.69, 9.17) is 70.9 Å². The molecule has 2 atom stereocenters. The molecule has 0 aliphatic rings. The first-order chi connectivity index (χ1) is 51.1. The van der Waals surface area contributed by atoms with Gasteiger partial charge in [0.05, 0.1) is 126 Å². The van der Waals surface area contributed by atoms with Gasteiger partial charge in [0.2, 0.25) is 0 Å². The number of aliphatic hydroxyl groups excluding tert-OH is 3. The highest BCUT2D eigenvalue weighted by molar-refractivity contribution is 7.48. The number of methoxy groups -OCH3 is 4. The number of rotatable bonds is 49. The van der Waals surface area contributed by atoms with E-state index in [1.807, 2.05) is 91.0 Å². The number of unbranched alkanes of at least 4 members (excludes halogenated alkanes) is 6. The fourth-order valence-corrected chi connectivity index (χ4v) is 14.1. The molecule has 582 valence electrons. The Morgan fingerprint density at radius 2 is 0.792 bits per heavy atom. The maximum absolute atomic E-state index is 12.6. The molecule has 24 heteroatoms. The first-order valence-electron chi connectivity index (χ1n) is 36.3. The molecule has 0 aliphatic carbocycles. The van der Waals surface area contributed by atoms with Crippen molar-refractivity contribution in [3.63, 3.8) is 0 Å². The van der Waals surface area contributed by atoms with Gasteiger partial charge < -0.3 is 62.3 Å². The lowest BCUT2D eigenvalue weighted by Gasteiger charge is -2.43. The van der Waals surface area contributed by atoms with Crippen LogP contribution in [0.4, 0.5) is 0 Å². The summed E-state index contributed by atoms with van der Waals surface area (Å²) >= 11 is 0. The van der Waals surface area contributed by atoms with E-state index in [0.717, 1.165) is 101 Å². The number of ether oxygens (including phenoxy) is 8. The first kappa shape index (κ1) is 91.0. The molecule has 0 fully saturated rings. The fraction of sp³-hybridized carbons (Fsp3) is 0.512. The molecule has 0 aliphatic heterocycles. The Morgan fingerprint density at radius 1 is 0.443 bits per heavy atom. The van der Waals surface area contributed by atoms with Crippen LogP contribution in [0.15, 0.2) is 158 Å². The van der Waals surface area contributed by atoms with Gasteiger partial charge in [0, 0.05) is 42.4 Å². The summed E-state index contributed by atoms with van der Waals surface area (Å²) in [4.78, 5) is 21.6. The SMILES string of the molecule is CCC(=O)OCCCCCCO.CCC(=O)OCCCCCCOP(=O)(OCCC#N)OCC(C)(CO)CO.COc1ccc(C(OCC(C)(COP(OCCC#N)N(C(C)C)C(C)C)COC(c2ccccc2)(c2ccc(OC)cc2)c2ccc(OC)cc2)(c2ccccc2)c2ccc(OC)cc2)cc1. The largest absolute Gasteiger partial charge is 0.497 e. The zero-order chi connectivity index (χ0) is 77.7. The van der Waals surface area contributed by atoms with Gasteiger partial charge in [0.25, 0.3) is 8.53 Å². The number of aliphatic hydroxyl groups is 3. The van der Waals surface area contributed by atoms with Crippen molar-refractivity contribution in [1.29, 1.82) is 10.5 Å². The van der Waals surface area contributed by atoms with E-state index in [-0.39, 0.29) is 103 Å². The molecule has 6 aromatic carbocycles. The van der Waals surface area contributed by atoms with Crippen LogP contribution in [0.25, 0.3) is 0 Å². The molecule has 0 amide bonds. The molecule has 22 nitrogen and oxygen atoms in total. The molecule has 0 saturated carbocycles. The van der Waals surface area contributed by atoms with Crippen molar-refractivity contribution >= 4 is 28.3 Å². The van der Waals surface area contributed by atoms with Gasteiger partial charge in [-0.05, 0) is 148 Å². The van der Waals surface area contributed by atoms with Gasteiger partial charge >= 0.3 is 19.8 Å². The van der Waals surface area contributed by atoms with E-state index in [1.54, 1.807) is 49.2 Å². The van der Waals surface area contributed by atoms with Gasteiger partial charge in [-0.1, -0.05) is 150 Å². The van der Waals surface area contributed by atoms with Gasteiger partial charge in [-0.2, -0.15) is 10.5 Å². The Morgan fingerprint density at radius 3 is 1.13 bits per heavy atom. The third-order valence-corrected chi connectivity index (χ3v) is 20.5. The number of nitrogens with zero attached hydrogens (tertiary/aromatic N) is 3. The van der Waals surface area contributed by atoms with Gasteiger partial charge in [-0.15, -0.1) is 0 Å². The highest BCUT2D eigenvalue weighted by atomic mass is 31.2. The van der Waals surface area contributed by atoms with Crippen molar-refractivity contribution in [2.75, 3.05) is 108 Å². The number of hydrogen-bond acceptors (Lipinski definition) is 22. The van der Waals surface area contributed by atoms with Crippen molar-refractivity contribution in [1.82, 2.24) is 4.67 Å². The number of carbonyl (C=O) groups is 2. The van der Waals surface area contributed by atoms with Crippen LogP contribution in [0.2, 0.25) is 0 Å². The molecule has 6 rings (SSSR count). The predicted octanol–water partition coefficient (Wildman–Crippen LogP) is 16.4. The molecule has 6 aromatic rings. The minimum absolute atomic E-state index is 0.0322. The Balaban J connectivity index is 0.000000500. The zero-order valence-electron chi connectivity index (χ0n) is 64.2. The molecule has 2 unspecified atom stereocenters. The summed E-state index contributed by atoms with van der Waals surface area (Å²) in [6.07, 6.45) is 7.84. The average Bonchev–Trinajstić information content (AvgIpc) is 0.753. The second kappa shape index (κ2) is 49.6. The standard InChI is InChI=1S/C56H65N2O8P.C17H32NO8P.C9H18O3/c1-42(2)58(43(3)4)67(65-38-16-37-57)66-41-54(5,39-63-55(44-17-12-10-13-18-44,46-21-29-50(59-6)30-22-46)47-23-31-51(60-7)32-24-47)40-64-56(45-19-14-11-15-20-45,48-25-33-52(61-8)34-26-48)49-27-35-53(62-9)36-28-49;1-3-16(21)23-10-6-4-5-7-11-24-27(22,25-12-8-9-18)26-15-17(2,13-19)14-20;1-2-9(11)12-8-6-4-3-5-7-10/h10-15,17-36,42-43H,16,38-41H2,1-9H3;19-20H,3-8,10-15H2,1-2H3;10H,2-8H2,1H3. The van der Waals surface area contributed by atoms with E-state index in [1.165, 1.54) is 0 Å². The van der Waals surface area contributed by atoms with Crippen LogP contribution < -0.4 is 18.9 Å². The fourth-order valence-electron chi connectivity index (χ4n) is 10.9. The lowest BCUT2D eigenvalue weighted by molar-refractivity contribution is -0.144. The molecule has 0 heterocycles. The molecule has 0 bridgehead atoms. The Bertz CT molecular complexity index is 3250. The van der Waals surface area contributed by atoms with E-state index in [9.17, 15) is 29.6 Å². The summed E-state index contributed by atoms with van der Waals surface area (Å²) in [6.45, 7) is 16.7. The van der Waals surface area contributed by atoms with Crippen LogP contribution in [0.3, 0.4) is 0 Å². The summed E-state index contributed by atoms with van der Waals surface area (Å²) < 4.78 is 91.7. The van der Waals surface area contributed by atoms with Crippen LogP contribution in [0.1, 0.15) is 166 Å². The maximum atomic E-state index is 12.6. The zero-order valence-corrected chi connectivity index (χ0v) is 66.0. The number of phosphoric ester groups is 1. The Labute approximate surface area is 631 Å². The van der Waals surface area contributed by atoms with Crippen molar-refractivity contribution in [2.24, 2.45) is 10.8 Å². The predicted molar refractivity (Wildman–Crippen MR) is 410 cm³/mol. The second-order valence-electron chi connectivity index (χ2n) is 26.3. The summed E-state index contributed by atoms with van der Waals surface area (Å²) in [5, 5.41) is 45.1. The molecule has 0 saturated heterocycles. The monoisotopic (exact) mass is 1510 g/mol. The quantitative estimate of drug-likeness (QED) is 0.0138. The molecular formula is C82H115N3O19P2. The van der Waals surface area contributed by atoms with Gasteiger partial charge in [0.15, 0.2) is 0 Å². The van der Waals surface area contributed by atoms with Crippen LogP contribution in [-0.4, -0.2) is 152 Å². The van der Waals surface area contributed by atoms with E-state index in [0.29, 0.717) is 32.5 Å². The normalized spacial score (nSPS) is 12.5. The number of benzene rings is 6. The number of carbonyl (C=O) groups excluding carboxylic acids is 2. The lowest BCUT2D eigenvalue weighted by Crippen LogP contribution is -2.44. The average molecular weight is 1510 g/mol. The number of hydrogen-bond donors (Lipinski definition) is 3. The van der Waals surface area contributed by atoms with Crippen LogP contribution in [0.5, 0.6) is 23.0 Å². The highest BCUT2D eigenvalue weighted by Crippen LogP contribution is 2.52. The summed E-state index contributed by atoms with van der Waals surface area (Å²) in [6, 6.07) is 56.9. The minimum Gasteiger partial charge on any atom is -0.497 e. The third kappa shape index (κ3) is 29.7. The van der Waals surface area contributed by atoms with Crippen molar-refractivity contribution < 1.29 is 90.0 Å². The minimum atomic E-state index is -3.89. The van der Waals surface area contributed by atoms with Crippen molar-refractivity contribution in [3.05, 3.63) is 191 Å². The van der Waals surface area contributed by atoms with Crippen molar-refractivity contribution in [3.8, 4) is 35.1 Å².